The van der Waals surface area contributed by atoms with Gasteiger partial charge in [-0.25, -0.2) is 18.4 Å². The molecule has 0 aliphatic rings. The number of benzene rings is 1. The monoisotopic (exact) mass is 513 g/mol. The van der Waals surface area contributed by atoms with Crippen LogP contribution >= 0.6 is 22.6 Å². The lowest BCUT2D eigenvalue weighted by molar-refractivity contribution is -0.157. The smallest absolute Gasteiger partial charge is 0.408 e. The Labute approximate surface area is 177 Å². The zero-order chi connectivity index (χ0) is 21.9. The van der Waals surface area contributed by atoms with Crippen molar-refractivity contribution in [3.05, 3.63) is 26.8 Å². The summed E-state index contributed by atoms with van der Waals surface area (Å²) in [4.78, 5) is 24.7. The number of halogens is 3. The molecular formula is C19H26F2INO5. The minimum atomic E-state index is -1.24. The van der Waals surface area contributed by atoms with Gasteiger partial charge < -0.3 is 19.5 Å². The molecule has 0 saturated heterocycles. The fraction of sp³-hybridized carbons (Fsp3) is 0.579. The molecule has 0 fully saturated rings. The van der Waals surface area contributed by atoms with Crippen LogP contribution in [0.25, 0.3) is 0 Å². The van der Waals surface area contributed by atoms with Crippen LogP contribution in [0.3, 0.4) is 0 Å². The highest BCUT2D eigenvalue weighted by atomic mass is 127. The van der Waals surface area contributed by atoms with Crippen LogP contribution in [0.4, 0.5) is 13.6 Å². The number of amides is 1. The van der Waals surface area contributed by atoms with E-state index in [0.29, 0.717) is 0 Å². The zero-order valence-corrected chi connectivity index (χ0v) is 19.2. The Kier molecular flexibility index (Phi) is 8.04. The molecular weight excluding hydrogens is 487 g/mol. The molecule has 1 N–H and O–H groups in total. The topological polar surface area (TPSA) is 73.9 Å². The van der Waals surface area contributed by atoms with E-state index in [9.17, 15) is 18.4 Å². The second-order valence-corrected chi connectivity index (χ2v) is 9.28. The molecule has 0 saturated carbocycles. The summed E-state index contributed by atoms with van der Waals surface area (Å²) in [6, 6.07) is 0.0107. The molecule has 0 heterocycles. The number of carbonyl (C=O) groups is 2. The van der Waals surface area contributed by atoms with E-state index in [1.165, 1.54) is 6.07 Å². The van der Waals surface area contributed by atoms with Gasteiger partial charge in [-0.05, 0) is 75.8 Å². The number of hydrogen-bond donors (Lipinski definition) is 1. The van der Waals surface area contributed by atoms with E-state index < -0.39 is 46.7 Å². The summed E-state index contributed by atoms with van der Waals surface area (Å²) < 4.78 is 44.0. The minimum Gasteiger partial charge on any atom is -0.491 e. The standard InChI is InChI=1S/C19H26F2INO5/c1-18(2,3)27-16(24)12(23-17(25)28-19(4,5)6)9-10-8-11(22)14(21)15(26-7)13(10)20/h8,12H,9H2,1-7H3,(H,23,25). The summed E-state index contributed by atoms with van der Waals surface area (Å²) in [5.41, 5.74) is -1.62. The lowest BCUT2D eigenvalue weighted by Gasteiger charge is -2.26. The summed E-state index contributed by atoms with van der Waals surface area (Å²) >= 11 is 1.70. The van der Waals surface area contributed by atoms with Crippen molar-refractivity contribution >= 4 is 34.7 Å². The van der Waals surface area contributed by atoms with Gasteiger partial charge in [-0.2, -0.15) is 0 Å². The third kappa shape index (κ3) is 7.40. The minimum absolute atomic E-state index is 0.00503. The van der Waals surface area contributed by atoms with Crippen LogP contribution in [0, 0.1) is 15.2 Å². The van der Waals surface area contributed by atoms with Crippen molar-refractivity contribution in [2.75, 3.05) is 7.11 Å². The highest BCUT2D eigenvalue weighted by molar-refractivity contribution is 14.1. The molecule has 0 bridgehead atoms. The molecule has 0 aliphatic carbocycles. The van der Waals surface area contributed by atoms with Gasteiger partial charge in [-0.15, -0.1) is 0 Å². The molecule has 9 heteroatoms. The van der Waals surface area contributed by atoms with Crippen molar-refractivity contribution < 1.29 is 32.6 Å². The highest BCUT2D eigenvalue weighted by Crippen LogP contribution is 2.29. The van der Waals surface area contributed by atoms with Gasteiger partial charge in [0.2, 0.25) is 0 Å². The van der Waals surface area contributed by atoms with Crippen molar-refractivity contribution in [2.45, 2.75) is 65.2 Å². The molecule has 1 unspecified atom stereocenters. The van der Waals surface area contributed by atoms with Crippen molar-refractivity contribution in [3.63, 3.8) is 0 Å². The fourth-order valence-corrected chi connectivity index (χ4v) is 2.81. The van der Waals surface area contributed by atoms with Crippen LogP contribution in [0.1, 0.15) is 47.1 Å². The lowest BCUT2D eigenvalue weighted by atomic mass is 10.0. The number of alkyl carbamates (subject to hydrolysis) is 1. The Balaban J connectivity index is 3.21. The second-order valence-electron chi connectivity index (χ2n) is 8.12. The number of ether oxygens (including phenoxy) is 3. The first-order valence-electron chi connectivity index (χ1n) is 8.57. The van der Waals surface area contributed by atoms with Crippen LogP contribution in [0.2, 0.25) is 0 Å². The lowest BCUT2D eigenvalue weighted by Crippen LogP contribution is -2.47. The molecule has 28 heavy (non-hydrogen) atoms. The van der Waals surface area contributed by atoms with E-state index in [4.69, 9.17) is 14.2 Å². The average Bonchev–Trinajstić information content (AvgIpc) is 2.48. The molecule has 1 aromatic carbocycles. The average molecular weight is 513 g/mol. The van der Waals surface area contributed by atoms with E-state index in [-0.39, 0.29) is 15.6 Å². The normalized spacial score (nSPS) is 12.9. The van der Waals surface area contributed by atoms with E-state index in [2.05, 4.69) is 5.32 Å². The molecule has 0 radical (unpaired) electrons. The third-order valence-corrected chi connectivity index (χ3v) is 3.99. The van der Waals surface area contributed by atoms with Crippen LogP contribution in [0.5, 0.6) is 5.75 Å². The predicted molar refractivity (Wildman–Crippen MR) is 108 cm³/mol. The number of nitrogens with one attached hydrogen (secondary N) is 1. The Morgan fingerprint density at radius 3 is 2.07 bits per heavy atom. The van der Waals surface area contributed by atoms with Crippen molar-refractivity contribution in [1.29, 1.82) is 0 Å². The number of esters is 1. The van der Waals surface area contributed by atoms with Gasteiger partial charge in [-0.1, -0.05) is 0 Å². The summed E-state index contributed by atoms with van der Waals surface area (Å²) in [6.07, 6.45) is -1.13. The first kappa shape index (κ1) is 24.4. The highest BCUT2D eigenvalue weighted by Gasteiger charge is 2.31. The van der Waals surface area contributed by atoms with Crippen LogP contribution in [-0.4, -0.2) is 36.4 Å². The van der Waals surface area contributed by atoms with Crippen molar-refractivity contribution in [3.8, 4) is 5.75 Å². The van der Waals surface area contributed by atoms with Gasteiger partial charge >= 0.3 is 12.1 Å². The summed E-state index contributed by atoms with van der Waals surface area (Å²) in [5.74, 6) is -3.10. The molecule has 0 aromatic heterocycles. The van der Waals surface area contributed by atoms with Gasteiger partial charge in [0, 0.05) is 6.42 Å². The van der Waals surface area contributed by atoms with Gasteiger partial charge in [0.15, 0.2) is 17.4 Å². The van der Waals surface area contributed by atoms with E-state index >= 15 is 0 Å². The van der Waals surface area contributed by atoms with E-state index in [0.717, 1.165) is 7.11 Å². The quantitative estimate of drug-likeness (QED) is 0.360. The van der Waals surface area contributed by atoms with Crippen LogP contribution < -0.4 is 10.1 Å². The molecule has 6 nitrogen and oxygen atoms in total. The largest absolute Gasteiger partial charge is 0.491 e. The van der Waals surface area contributed by atoms with E-state index in [1.807, 2.05) is 0 Å². The maximum Gasteiger partial charge on any atom is 0.408 e. The second kappa shape index (κ2) is 9.23. The first-order chi connectivity index (χ1) is 12.6. The molecule has 0 spiro atoms. The van der Waals surface area contributed by atoms with Gasteiger partial charge in [0.05, 0.1) is 10.7 Å². The third-order valence-electron chi connectivity index (χ3n) is 3.20. The Morgan fingerprint density at radius 1 is 1.07 bits per heavy atom. The molecule has 1 aromatic rings. The van der Waals surface area contributed by atoms with E-state index in [1.54, 1.807) is 64.1 Å². The van der Waals surface area contributed by atoms with Gasteiger partial charge in [-0.3, -0.25) is 0 Å². The zero-order valence-electron chi connectivity index (χ0n) is 17.0. The number of carbonyl (C=O) groups excluding carboxylic acids is 2. The maximum absolute atomic E-state index is 14.6. The van der Waals surface area contributed by atoms with Gasteiger partial charge in [0.1, 0.15) is 17.2 Å². The summed E-state index contributed by atoms with van der Waals surface area (Å²) in [5, 5.41) is 2.40. The number of rotatable bonds is 5. The predicted octanol–water partition coefficient (Wildman–Crippen LogP) is 4.36. The molecule has 1 amide bonds. The number of hydrogen-bond acceptors (Lipinski definition) is 5. The summed E-state index contributed by atoms with van der Waals surface area (Å²) in [7, 11) is 1.14. The molecule has 0 aliphatic heterocycles. The van der Waals surface area contributed by atoms with Crippen molar-refractivity contribution in [1.82, 2.24) is 5.32 Å². The Hall–Kier alpha value is -1.65. The maximum atomic E-state index is 14.6. The molecule has 1 atom stereocenters. The SMILES string of the molecule is COc1c(F)c(I)cc(CC(NC(=O)OC(C)(C)C)C(=O)OC(C)(C)C)c1F. The molecule has 158 valence electrons. The van der Waals surface area contributed by atoms with Crippen molar-refractivity contribution in [2.24, 2.45) is 0 Å². The Bertz CT molecular complexity index is 741. The first-order valence-corrected chi connectivity index (χ1v) is 9.65. The fourth-order valence-electron chi connectivity index (χ4n) is 2.19. The van der Waals surface area contributed by atoms with Gasteiger partial charge in [0.25, 0.3) is 0 Å². The number of methoxy groups -OCH3 is 1. The summed E-state index contributed by atoms with van der Waals surface area (Å²) in [6.45, 7) is 10.0. The van der Waals surface area contributed by atoms with Crippen LogP contribution in [-0.2, 0) is 20.7 Å². The van der Waals surface area contributed by atoms with Crippen LogP contribution in [0.15, 0.2) is 6.07 Å². The Morgan fingerprint density at radius 2 is 1.61 bits per heavy atom. The molecule has 1 rings (SSSR count).